The van der Waals surface area contributed by atoms with Gasteiger partial charge in [-0.05, 0) is 36.5 Å². The van der Waals surface area contributed by atoms with Crippen LogP contribution in [0, 0.1) is 5.41 Å². The highest BCUT2D eigenvalue weighted by Crippen LogP contribution is 2.37. The first kappa shape index (κ1) is 16.9. The van der Waals surface area contributed by atoms with Crippen molar-refractivity contribution < 1.29 is 0 Å². The average molecular weight is 366 g/mol. The number of rotatable bonds is 3. The summed E-state index contributed by atoms with van der Waals surface area (Å²) in [5.74, 6) is 0.722. The Labute approximate surface area is 164 Å². The third-order valence-electron chi connectivity index (χ3n) is 5.79. The zero-order chi connectivity index (χ0) is 19.1. The van der Waals surface area contributed by atoms with Gasteiger partial charge in [0.2, 0.25) is 0 Å². The summed E-state index contributed by atoms with van der Waals surface area (Å²) in [5.41, 5.74) is 7.22. The molecule has 28 heavy (non-hydrogen) atoms. The van der Waals surface area contributed by atoms with Crippen LogP contribution in [-0.2, 0) is 7.05 Å². The van der Waals surface area contributed by atoms with E-state index in [2.05, 4.69) is 36.4 Å². The molecule has 4 heteroatoms. The largest absolute Gasteiger partial charge is 0.313 e. The number of hydrogen-bond donors (Lipinski definition) is 1. The van der Waals surface area contributed by atoms with Gasteiger partial charge < -0.3 is 4.57 Å². The van der Waals surface area contributed by atoms with Crippen LogP contribution in [-0.4, -0.2) is 14.5 Å². The fourth-order valence-corrected chi connectivity index (χ4v) is 3.84. The van der Waals surface area contributed by atoms with E-state index >= 15 is 0 Å². The highest BCUT2D eigenvalue weighted by Gasteiger charge is 2.20. The van der Waals surface area contributed by atoms with Crippen LogP contribution in [0.15, 0.2) is 66.7 Å². The molecule has 1 aliphatic rings. The molecule has 0 unspecified atom stereocenters. The summed E-state index contributed by atoms with van der Waals surface area (Å²) in [4.78, 5) is 9.91. The molecular weight excluding hydrogens is 344 g/mol. The minimum Gasteiger partial charge on any atom is -0.313 e. The summed E-state index contributed by atoms with van der Waals surface area (Å²) in [6, 6.07) is 22.7. The molecule has 0 spiro atoms. The Morgan fingerprint density at radius 2 is 1.50 bits per heavy atom. The van der Waals surface area contributed by atoms with E-state index in [-0.39, 0.29) is 0 Å². The van der Waals surface area contributed by atoms with Gasteiger partial charge in [0.1, 0.15) is 11.0 Å². The second kappa shape index (κ2) is 6.71. The highest BCUT2D eigenvalue weighted by atomic mass is 15.0. The first-order valence-electron chi connectivity index (χ1n) is 9.79. The maximum atomic E-state index is 8.08. The van der Waals surface area contributed by atoms with Gasteiger partial charge in [0.05, 0.1) is 11.4 Å². The topological polar surface area (TPSA) is 54.6 Å². The molecule has 1 fully saturated rings. The lowest BCUT2D eigenvalue weighted by molar-refractivity contribution is 0.420. The van der Waals surface area contributed by atoms with Crippen LogP contribution in [0.2, 0.25) is 0 Å². The Bertz CT molecular complexity index is 1200. The van der Waals surface area contributed by atoms with Crippen LogP contribution in [0.3, 0.4) is 0 Å². The molecule has 1 aliphatic carbocycles. The van der Waals surface area contributed by atoms with Gasteiger partial charge in [0.25, 0.3) is 0 Å². The number of aromatic nitrogens is 3. The number of benzene rings is 2. The Morgan fingerprint density at radius 1 is 0.821 bits per heavy atom. The fraction of sp³-hybridized carbons (Fsp3) is 0.208. The van der Waals surface area contributed by atoms with Gasteiger partial charge in [-0.1, -0.05) is 61.0 Å². The van der Waals surface area contributed by atoms with Crippen molar-refractivity contribution in [2.24, 2.45) is 7.05 Å². The summed E-state index contributed by atoms with van der Waals surface area (Å²) < 4.78 is 1.78. The van der Waals surface area contributed by atoms with E-state index in [0.717, 1.165) is 39.6 Å². The van der Waals surface area contributed by atoms with E-state index in [1.165, 1.54) is 24.8 Å². The van der Waals surface area contributed by atoms with Gasteiger partial charge in [-0.25, -0.2) is 9.97 Å². The number of aryl methyl sites for hydroxylation is 1. The standard InChI is InChI=1S/C24H22N4/c1-28-21(25)15-14-20-24(28)27-23(18-6-3-2-4-7-18)22(26-20)19-12-10-17(11-13-19)16-8-5-9-16/h2-4,6-7,10-16,25H,5,8-9H2,1H3. The summed E-state index contributed by atoms with van der Waals surface area (Å²) in [6.45, 7) is 0. The highest BCUT2D eigenvalue weighted by molar-refractivity contribution is 5.84. The van der Waals surface area contributed by atoms with E-state index < -0.39 is 0 Å². The Hall–Kier alpha value is -3.27. The third kappa shape index (κ3) is 2.82. The van der Waals surface area contributed by atoms with Crippen LogP contribution in [0.1, 0.15) is 30.7 Å². The van der Waals surface area contributed by atoms with Crippen molar-refractivity contribution in [1.82, 2.24) is 14.5 Å². The number of pyridine rings is 1. The van der Waals surface area contributed by atoms with Gasteiger partial charge in [-0.2, -0.15) is 0 Å². The smallest absolute Gasteiger partial charge is 0.160 e. The molecule has 0 aliphatic heterocycles. The van der Waals surface area contributed by atoms with E-state index in [4.69, 9.17) is 15.4 Å². The average Bonchev–Trinajstić information content (AvgIpc) is 2.70. The first-order chi connectivity index (χ1) is 13.7. The molecule has 2 aromatic carbocycles. The van der Waals surface area contributed by atoms with Crippen molar-refractivity contribution in [3.05, 3.63) is 77.8 Å². The Kier molecular flexibility index (Phi) is 4.05. The Balaban J connectivity index is 1.72. The van der Waals surface area contributed by atoms with Crippen LogP contribution in [0.5, 0.6) is 0 Å². The molecule has 138 valence electrons. The molecule has 5 rings (SSSR count). The van der Waals surface area contributed by atoms with Crippen molar-refractivity contribution in [3.8, 4) is 22.5 Å². The number of nitrogens with one attached hydrogen (secondary N) is 1. The number of hydrogen-bond acceptors (Lipinski definition) is 3. The van der Waals surface area contributed by atoms with Crippen molar-refractivity contribution in [2.75, 3.05) is 0 Å². The second-order valence-corrected chi connectivity index (χ2v) is 7.52. The monoisotopic (exact) mass is 366 g/mol. The number of fused-ring (bicyclic) bond motifs is 1. The van der Waals surface area contributed by atoms with Gasteiger partial charge >= 0.3 is 0 Å². The fourth-order valence-electron chi connectivity index (χ4n) is 3.84. The van der Waals surface area contributed by atoms with Crippen molar-refractivity contribution >= 4 is 11.2 Å². The molecule has 4 aromatic rings. The van der Waals surface area contributed by atoms with Crippen molar-refractivity contribution in [3.63, 3.8) is 0 Å². The summed E-state index contributed by atoms with van der Waals surface area (Å²) in [6.07, 6.45) is 3.95. The van der Waals surface area contributed by atoms with Crippen molar-refractivity contribution in [2.45, 2.75) is 25.2 Å². The zero-order valence-corrected chi connectivity index (χ0v) is 15.9. The van der Waals surface area contributed by atoms with Gasteiger partial charge in [-0.15, -0.1) is 0 Å². The summed E-state index contributed by atoms with van der Waals surface area (Å²) in [7, 11) is 1.86. The molecule has 4 nitrogen and oxygen atoms in total. The van der Waals surface area contributed by atoms with Gasteiger partial charge in [0.15, 0.2) is 5.65 Å². The minimum absolute atomic E-state index is 0.415. The molecular formula is C24H22N4. The second-order valence-electron chi connectivity index (χ2n) is 7.52. The third-order valence-corrected chi connectivity index (χ3v) is 5.79. The summed E-state index contributed by atoms with van der Waals surface area (Å²) >= 11 is 0. The maximum absolute atomic E-state index is 8.08. The predicted molar refractivity (Wildman–Crippen MR) is 112 cm³/mol. The molecule has 2 heterocycles. The minimum atomic E-state index is 0.415. The predicted octanol–water partition coefficient (Wildman–Crippen LogP) is 5.05. The maximum Gasteiger partial charge on any atom is 0.160 e. The number of nitrogens with zero attached hydrogens (tertiary/aromatic N) is 3. The van der Waals surface area contributed by atoms with E-state index in [1.54, 1.807) is 10.6 Å². The van der Waals surface area contributed by atoms with Gasteiger partial charge in [-0.3, -0.25) is 5.41 Å². The molecule has 0 radical (unpaired) electrons. The zero-order valence-electron chi connectivity index (χ0n) is 15.9. The first-order valence-corrected chi connectivity index (χ1v) is 9.79. The lowest BCUT2D eigenvalue weighted by atomic mass is 9.80. The molecule has 0 bridgehead atoms. The molecule has 0 saturated heterocycles. The van der Waals surface area contributed by atoms with Gasteiger partial charge in [0, 0.05) is 18.2 Å². The van der Waals surface area contributed by atoms with E-state index in [9.17, 15) is 0 Å². The lowest BCUT2D eigenvalue weighted by Crippen LogP contribution is -2.17. The summed E-state index contributed by atoms with van der Waals surface area (Å²) in [5, 5.41) is 8.08. The van der Waals surface area contributed by atoms with Crippen LogP contribution >= 0.6 is 0 Å². The Morgan fingerprint density at radius 3 is 2.18 bits per heavy atom. The molecule has 1 saturated carbocycles. The van der Waals surface area contributed by atoms with Crippen LogP contribution in [0.25, 0.3) is 33.7 Å². The van der Waals surface area contributed by atoms with Crippen LogP contribution < -0.4 is 5.49 Å². The van der Waals surface area contributed by atoms with Crippen molar-refractivity contribution in [1.29, 1.82) is 5.41 Å². The normalized spacial score (nSPS) is 14.2. The van der Waals surface area contributed by atoms with E-state index in [0.29, 0.717) is 5.49 Å². The lowest BCUT2D eigenvalue weighted by Gasteiger charge is -2.25. The molecule has 1 N–H and O–H groups in total. The molecule has 2 aromatic heterocycles. The quantitative estimate of drug-likeness (QED) is 0.552. The SMILES string of the molecule is Cn1c(=N)ccc2nc(-c3ccc(C4CCC4)cc3)c(-c3ccccc3)nc21. The molecule has 0 amide bonds. The molecule has 0 atom stereocenters. The van der Waals surface area contributed by atoms with Crippen LogP contribution in [0.4, 0.5) is 0 Å². The van der Waals surface area contributed by atoms with E-state index in [1.807, 2.05) is 31.3 Å².